The predicted octanol–water partition coefficient (Wildman–Crippen LogP) is 5.02. The van der Waals surface area contributed by atoms with Crippen molar-refractivity contribution in [2.75, 3.05) is 5.32 Å². The molecule has 1 heteroatoms. The Morgan fingerprint density at radius 3 is 2.39 bits per heavy atom. The molecule has 0 amide bonds. The molecule has 0 aromatic heterocycles. The van der Waals surface area contributed by atoms with Crippen molar-refractivity contribution in [2.24, 2.45) is 0 Å². The average Bonchev–Trinajstić information content (AvgIpc) is 2.42. The molecule has 0 spiro atoms. The van der Waals surface area contributed by atoms with E-state index < -0.39 is 0 Å². The van der Waals surface area contributed by atoms with Crippen molar-refractivity contribution in [3.8, 4) is 0 Å². The summed E-state index contributed by atoms with van der Waals surface area (Å²) in [7, 11) is 0. The minimum atomic E-state index is 1.09. The first-order chi connectivity index (χ1) is 8.79. The van der Waals surface area contributed by atoms with Crippen LogP contribution in [0.2, 0.25) is 0 Å². The zero-order chi connectivity index (χ0) is 12.8. The SMILES string of the molecule is C=CC(C)=Cc1ccccc1Nc1ccccc1. The van der Waals surface area contributed by atoms with Gasteiger partial charge in [-0.3, -0.25) is 0 Å². The minimum Gasteiger partial charge on any atom is -0.355 e. The first-order valence-corrected chi connectivity index (χ1v) is 6.01. The zero-order valence-electron chi connectivity index (χ0n) is 10.6. The third-order valence-electron chi connectivity index (χ3n) is 2.72. The van der Waals surface area contributed by atoms with Gasteiger partial charge in [-0.25, -0.2) is 0 Å². The van der Waals surface area contributed by atoms with E-state index in [1.165, 1.54) is 5.56 Å². The Kier molecular flexibility index (Phi) is 3.98. The Morgan fingerprint density at radius 2 is 1.67 bits per heavy atom. The van der Waals surface area contributed by atoms with Gasteiger partial charge in [0.25, 0.3) is 0 Å². The lowest BCUT2D eigenvalue weighted by atomic mass is 10.1. The number of benzene rings is 2. The van der Waals surface area contributed by atoms with Gasteiger partial charge in [0.15, 0.2) is 0 Å². The van der Waals surface area contributed by atoms with Gasteiger partial charge in [-0.1, -0.05) is 54.6 Å². The van der Waals surface area contributed by atoms with Crippen LogP contribution in [0.4, 0.5) is 11.4 Å². The van der Waals surface area contributed by atoms with Crippen molar-refractivity contribution < 1.29 is 0 Å². The fraction of sp³-hybridized carbons (Fsp3) is 0.0588. The highest BCUT2D eigenvalue weighted by Crippen LogP contribution is 2.22. The Morgan fingerprint density at radius 1 is 1.00 bits per heavy atom. The molecule has 0 unspecified atom stereocenters. The Labute approximate surface area is 108 Å². The maximum Gasteiger partial charge on any atom is 0.0457 e. The van der Waals surface area contributed by atoms with Crippen LogP contribution in [0.25, 0.3) is 6.08 Å². The lowest BCUT2D eigenvalue weighted by Crippen LogP contribution is -1.92. The summed E-state index contributed by atoms with van der Waals surface area (Å²) in [5.74, 6) is 0. The monoisotopic (exact) mass is 235 g/mol. The standard InChI is InChI=1S/C17H17N/c1-3-14(2)13-15-9-7-8-12-17(15)18-16-10-5-4-6-11-16/h3-13,18H,1H2,2H3. The Bertz CT molecular complexity index is 553. The predicted molar refractivity (Wildman–Crippen MR) is 80.0 cm³/mol. The smallest absolute Gasteiger partial charge is 0.0457 e. The largest absolute Gasteiger partial charge is 0.355 e. The Hall–Kier alpha value is -2.28. The van der Waals surface area contributed by atoms with E-state index in [2.05, 4.69) is 42.2 Å². The Balaban J connectivity index is 2.31. The van der Waals surface area contributed by atoms with Crippen LogP contribution >= 0.6 is 0 Å². The molecule has 1 N–H and O–H groups in total. The first kappa shape index (κ1) is 12.2. The molecule has 0 saturated heterocycles. The molecule has 0 aliphatic heterocycles. The number of nitrogens with one attached hydrogen (secondary N) is 1. The van der Waals surface area contributed by atoms with E-state index in [1.807, 2.05) is 43.3 Å². The van der Waals surface area contributed by atoms with E-state index in [-0.39, 0.29) is 0 Å². The minimum absolute atomic E-state index is 1.09. The molecule has 0 fully saturated rings. The van der Waals surface area contributed by atoms with Gasteiger partial charge in [0, 0.05) is 11.4 Å². The summed E-state index contributed by atoms with van der Waals surface area (Å²) >= 11 is 0. The molecular formula is C17H17N. The van der Waals surface area contributed by atoms with Gasteiger partial charge in [-0.15, -0.1) is 0 Å². The van der Waals surface area contributed by atoms with Gasteiger partial charge in [0.05, 0.1) is 0 Å². The molecule has 0 bridgehead atoms. The summed E-state index contributed by atoms with van der Waals surface area (Å²) in [6.45, 7) is 5.83. The number of hydrogen-bond donors (Lipinski definition) is 1. The van der Waals surface area contributed by atoms with Crippen LogP contribution in [-0.4, -0.2) is 0 Å². The van der Waals surface area contributed by atoms with Crippen LogP contribution in [-0.2, 0) is 0 Å². The summed E-state index contributed by atoms with van der Waals surface area (Å²) in [5, 5.41) is 3.42. The molecular weight excluding hydrogens is 218 g/mol. The van der Waals surface area contributed by atoms with Gasteiger partial charge in [0.2, 0.25) is 0 Å². The van der Waals surface area contributed by atoms with E-state index in [4.69, 9.17) is 0 Å². The van der Waals surface area contributed by atoms with Crippen LogP contribution in [0.1, 0.15) is 12.5 Å². The number of hydrogen-bond acceptors (Lipinski definition) is 1. The second-order valence-corrected chi connectivity index (χ2v) is 4.17. The van der Waals surface area contributed by atoms with E-state index >= 15 is 0 Å². The van der Waals surface area contributed by atoms with Gasteiger partial charge in [-0.05, 0) is 36.8 Å². The molecule has 0 saturated carbocycles. The fourth-order valence-corrected chi connectivity index (χ4v) is 1.72. The van der Waals surface area contributed by atoms with Crippen molar-refractivity contribution in [2.45, 2.75) is 6.92 Å². The summed E-state index contributed by atoms with van der Waals surface area (Å²) < 4.78 is 0. The average molecular weight is 235 g/mol. The van der Waals surface area contributed by atoms with Crippen molar-refractivity contribution in [1.82, 2.24) is 0 Å². The molecule has 0 atom stereocenters. The molecule has 1 nitrogen and oxygen atoms in total. The van der Waals surface area contributed by atoms with E-state index in [9.17, 15) is 0 Å². The van der Waals surface area contributed by atoms with E-state index in [0.717, 1.165) is 16.9 Å². The van der Waals surface area contributed by atoms with E-state index in [1.54, 1.807) is 0 Å². The number of anilines is 2. The third kappa shape index (κ3) is 3.11. The van der Waals surface area contributed by atoms with Crippen LogP contribution < -0.4 is 5.32 Å². The van der Waals surface area contributed by atoms with Crippen LogP contribution in [0.3, 0.4) is 0 Å². The molecule has 18 heavy (non-hydrogen) atoms. The highest BCUT2D eigenvalue weighted by atomic mass is 14.9. The quantitative estimate of drug-likeness (QED) is 0.734. The topological polar surface area (TPSA) is 12.0 Å². The molecule has 0 aliphatic carbocycles. The molecule has 2 aromatic rings. The van der Waals surface area contributed by atoms with Crippen LogP contribution in [0.5, 0.6) is 0 Å². The number of allylic oxidation sites excluding steroid dienone is 2. The maximum atomic E-state index is 3.78. The van der Waals surface area contributed by atoms with E-state index in [0.29, 0.717) is 0 Å². The second kappa shape index (κ2) is 5.87. The lowest BCUT2D eigenvalue weighted by molar-refractivity contribution is 1.51. The second-order valence-electron chi connectivity index (χ2n) is 4.17. The highest BCUT2D eigenvalue weighted by Gasteiger charge is 1.99. The normalized spacial score (nSPS) is 11.1. The molecule has 90 valence electrons. The maximum absolute atomic E-state index is 3.78. The van der Waals surface area contributed by atoms with Gasteiger partial charge in [-0.2, -0.15) is 0 Å². The molecule has 2 aromatic carbocycles. The summed E-state index contributed by atoms with van der Waals surface area (Å²) in [5.41, 5.74) is 4.51. The third-order valence-corrected chi connectivity index (χ3v) is 2.72. The van der Waals surface area contributed by atoms with Crippen molar-refractivity contribution in [3.63, 3.8) is 0 Å². The van der Waals surface area contributed by atoms with Gasteiger partial charge < -0.3 is 5.32 Å². The summed E-state index contributed by atoms with van der Waals surface area (Å²) in [4.78, 5) is 0. The fourth-order valence-electron chi connectivity index (χ4n) is 1.72. The first-order valence-electron chi connectivity index (χ1n) is 6.01. The number of rotatable bonds is 4. The molecule has 0 radical (unpaired) electrons. The summed E-state index contributed by atoms with van der Waals surface area (Å²) in [6.07, 6.45) is 3.98. The highest BCUT2D eigenvalue weighted by molar-refractivity contribution is 5.73. The molecule has 0 aliphatic rings. The molecule has 2 rings (SSSR count). The lowest BCUT2D eigenvalue weighted by Gasteiger charge is -2.09. The summed E-state index contributed by atoms with van der Waals surface area (Å²) in [6, 6.07) is 18.4. The van der Waals surface area contributed by atoms with Crippen LogP contribution in [0, 0.1) is 0 Å². The van der Waals surface area contributed by atoms with Gasteiger partial charge in [0.1, 0.15) is 0 Å². The number of para-hydroxylation sites is 2. The van der Waals surface area contributed by atoms with Crippen molar-refractivity contribution in [3.05, 3.63) is 78.4 Å². The van der Waals surface area contributed by atoms with Gasteiger partial charge >= 0.3 is 0 Å². The van der Waals surface area contributed by atoms with Crippen LogP contribution in [0.15, 0.2) is 72.8 Å². The van der Waals surface area contributed by atoms with Crippen molar-refractivity contribution >= 4 is 17.5 Å². The zero-order valence-corrected chi connectivity index (χ0v) is 10.6. The van der Waals surface area contributed by atoms with Crippen molar-refractivity contribution in [1.29, 1.82) is 0 Å². The molecule has 0 heterocycles.